The topological polar surface area (TPSA) is 44.5 Å². The first-order valence-corrected chi connectivity index (χ1v) is 10.2. The van der Waals surface area contributed by atoms with E-state index in [2.05, 4.69) is 65.0 Å². The molecule has 0 unspecified atom stereocenters. The summed E-state index contributed by atoms with van der Waals surface area (Å²) in [6.45, 7) is 10.9. The molecule has 30 heavy (non-hydrogen) atoms. The van der Waals surface area contributed by atoms with E-state index in [0.717, 1.165) is 33.7 Å². The molecule has 0 radical (unpaired) electrons. The van der Waals surface area contributed by atoms with Crippen LogP contribution in [0.1, 0.15) is 30.5 Å². The lowest BCUT2D eigenvalue weighted by Crippen LogP contribution is -2.01. The molecule has 0 amide bonds. The third-order valence-electron chi connectivity index (χ3n) is 5.38. The highest BCUT2D eigenvalue weighted by Gasteiger charge is 2.16. The quantitative estimate of drug-likeness (QED) is 0.361. The normalized spacial score (nSPS) is 10.6. The Morgan fingerprint density at radius 3 is 2.20 bits per heavy atom. The van der Waals surface area contributed by atoms with Gasteiger partial charge in [0, 0.05) is 11.3 Å². The second-order valence-electron chi connectivity index (χ2n) is 7.98. The number of hydrogen-bond donors (Lipinski definition) is 1. The standard InChI is InChI=1S/C27H31NO2/c1-17(2)13-14-30-24-12-11-22(16-25(24)29-6)26-19(4)15-23(20(5)27(26)28)21-9-7-18(3)8-10-21/h7-13,15-16H,14,28H2,1-6H3. The second-order valence-corrected chi connectivity index (χ2v) is 7.98. The van der Waals surface area contributed by atoms with Gasteiger partial charge in [0.05, 0.1) is 7.11 Å². The SMILES string of the molecule is COc1cc(-c2c(C)cc(-c3ccc(C)cc3)c(C)c2N)ccc1OCC=C(C)C. The molecule has 0 heterocycles. The van der Waals surface area contributed by atoms with Crippen molar-refractivity contribution in [2.24, 2.45) is 0 Å². The summed E-state index contributed by atoms with van der Waals surface area (Å²) in [6, 6.07) is 16.8. The van der Waals surface area contributed by atoms with Crippen LogP contribution in [-0.2, 0) is 0 Å². The van der Waals surface area contributed by atoms with Crippen molar-refractivity contribution in [1.82, 2.24) is 0 Å². The lowest BCUT2D eigenvalue weighted by atomic mass is 9.89. The van der Waals surface area contributed by atoms with Crippen molar-refractivity contribution >= 4 is 5.69 Å². The van der Waals surface area contributed by atoms with Crippen LogP contribution < -0.4 is 15.2 Å². The van der Waals surface area contributed by atoms with Gasteiger partial charge in [-0.2, -0.15) is 0 Å². The molecule has 0 aliphatic carbocycles. The average molecular weight is 402 g/mol. The highest BCUT2D eigenvalue weighted by Crippen LogP contribution is 2.40. The van der Waals surface area contributed by atoms with Gasteiger partial charge in [0.25, 0.3) is 0 Å². The monoisotopic (exact) mass is 401 g/mol. The van der Waals surface area contributed by atoms with Crippen LogP contribution in [0.25, 0.3) is 22.3 Å². The lowest BCUT2D eigenvalue weighted by molar-refractivity contribution is 0.326. The first kappa shape index (κ1) is 21.5. The molecule has 3 heteroatoms. The molecule has 0 saturated carbocycles. The van der Waals surface area contributed by atoms with Crippen molar-refractivity contribution in [1.29, 1.82) is 0 Å². The molecule has 3 rings (SSSR count). The summed E-state index contributed by atoms with van der Waals surface area (Å²) in [5.74, 6) is 1.43. The minimum Gasteiger partial charge on any atom is -0.493 e. The highest BCUT2D eigenvalue weighted by molar-refractivity contribution is 5.88. The predicted molar refractivity (Wildman–Crippen MR) is 127 cm³/mol. The van der Waals surface area contributed by atoms with Crippen LogP contribution in [0.4, 0.5) is 5.69 Å². The summed E-state index contributed by atoms with van der Waals surface area (Å²) in [5.41, 5.74) is 16.5. The number of rotatable bonds is 6. The lowest BCUT2D eigenvalue weighted by Gasteiger charge is -2.18. The van der Waals surface area contributed by atoms with Crippen LogP contribution >= 0.6 is 0 Å². The van der Waals surface area contributed by atoms with Gasteiger partial charge >= 0.3 is 0 Å². The van der Waals surface area contributed by atoms with Crippen LogP contribution in [0.2, 0.25) is 0 Å². The van der Waals surface area contributed by atoms with Gasteiger partial charge in [-0.1, -0.05) is 47.5 Å². The minimum absolute atomic E-state index is 0.517. The molecule has 0 aliphatic heterocycles. The fourth-order valence-corrected chi connectivity index (χ4v) is 3.60. The third-order valence-corrected chi connectivity index (χ3v) is 5.38. The minimum atomic E-state index is 0.517. The Morgan fingerprint density at radius 1 is 0.900 bits per heavy atom. The van der Waals surface area contributed by atoms with E-state index in [4.69, 9.17) is 15.2 Å². The maximum Gasteiger partial charge on any atom is 0.161 e. The molecule has 0 bridgehead atoms. The number of allylic oxidation sites excluding steroid dienone is 1. The molecule has 0 aromatic heterocycles. The van der Waals surface area contributed by atoms with Gasteiger partial charge in [-0.25, -0.2) is 0 Å². The fraction of sp³-hybridized carbons (Fsp3) is 0.259. The maximum absolute atomic E-state index is 6.65. The zero-order valence-corrected chi connectivity index (χ0v) is 18.8. The van der Waals surface area contributed by atoms with Crippen LogP contribution in [0.5, 0.6) is 11.5 Å². The average Bonchev–Trinajstić information content (AvgIpc) is 2.72. The van der Waals surface area contributed by atoms with Gasteiger partial charge in [0.2, 0.25) is 0 Å². The number of hydrogen-bond acceptors (Lipinski definition) is 3. The molecule has 2 N–H and O–H groups in total. The van der Waals surface area contributed by atoms with Gasteiger partial charge in [-0.3, -0.25) is 0 Å². The summed E-state index contributed by atoms with van der Waals surface area (Å²) < 4.78 is 11.5. The van der Waals surface area contributed by atoms with Crippen LogP contribution in [0.3, 0.4) is 0 Å². The van der Waals surface area contributed by atoms with E-state index in [1.807, 2.05) is 24.3 Å². The number of methoxy groups -OCH3 is 1. The van der Waals surface area contributed by atoms with E-state index in [-0.39, 0.29) is 0 Å². The molecule has 0 saturated heterocycles. The van der Waals surface area contributed by atoms with Gasteiger partial charge in [-0.05, 0) is 80.6 Å². The molecule has 0 aliphatic rings. The van der Waals surface area contributed by atoms with Crippen molar-refractivity contribution in [3.63, 3.8) is 0 Å². The zero-order valence-electron chi connectivity index (χ0n) is 18.8. The molecule has 156 valence electrons. The van der Waals surface area contributed by atoms with Crippen molar-refractivity contribution < 1.29 is 9.47 Å². The van der Waals surface area contributed by atoms with Gasteiger partial charge in [-0.15, -0.1) is 0 Å². The number of nitrogen functional groups attached to an aromatic ring is 1. The van der Waals surface area contributed by atoms with E-state index in [1.165, 1.54) is 22.3 Å². The number of anilines is 1. The van der Waals surface area contributed by atoms with Crippen molar-refractivity contribution in [3.05, 3.63) is 76.9 Å². The number of nitrogens with two attached hydrogens (primary N) is 1. The van der Waals surface area contributed by atoms with E-state index < -0.39 is 0 Å². The van der Waals surface area contributed by atoms with Crippen molar-refractivity contribution in [3.8, 4) is 33.8 Å². The number of benzene rings is 3. The Morgan fingerprint density at radius 2 is 1.57 bits per heavy atom. The largest absolute Gasteiger partial charge is 0.493 e. The molecule has 0 spiro atoms. The smallest absolute Gasteiger partial charge is 0.161 e. The van der Waals surface area contributed by atoms with E-state index >= 15 is 0 Å². The Labute approximate surface area is 180 Å². The Hall–Kier alpha value is -3.20. The van der Waals surface area contributed by atoms with Gasteiger partial charge in [0.15, 0.2) is 11.5 Å². The number of aryl methyl sites for hydroxylation is 2. The van der Waals surface area contributed by atoms with Crippen LogP contribution in [0.15, 0.2) is 60.2 Å². The molecule has 3 aromatic rings. The van der Waals surface area contributed by atoms with Gasteiger partial charge in [0.1, 0.15) is 6.61 Å². The summed E-state index contributed by atoms with van der Waals surface area (Å²) >= 11 is 0. The number of ether oxygens (including phenoxy) is 2. The molecule has 3 aromatic carbocycles. The first-order chi connectivity index (χ1) is 14.3. The second kappa shape index (κ2) is 9.08. The van der Waals surface area contributed by atoms with Crippen LogP contribution in [0, 0.1) is 20.8 Å². The summed E-state index contributed by atoms with van der Waals surface area (Å²) in [4.78, 5) is 0. The van der Waals surface area contributed by atoms with E-state index in [0.29, 0.717) is 12.4 Å². The predicted octanol–water partition coefficient (Wildman–Crippen LogP) is 6.88. The Kier molecular flexibility index (Phi) is 6.51. The summed E-state index contributed by atoms with van der Waals surface area (Å²) in [7, 11) is 1.66. The Balaban J connectivity index is 2.02. The van der Waals surface area contributed by atoms with Crippen LogP contribution in [-0.4, -0.2) is 13.7 Å². The maximum atomic E-state index is 6.65. The van der Waals surface area contributed by atoms with Crippen molar-refractivity contribution in [2.75, 3.05) is 19.5 Å². The fourth-order valence-electron chi connectivity index (χ4n) is 3.60. The summed E-state index contributed by atoms with van der Waals surface area (Å²) in [5, 5.41) is 0. The van der Waals surface area contributed by atoms with Crippen molar-refractivity contribution in [2.45, 2.75) is 34.6 Å². The molecular formula is C27H31NO2. The molecule has 3 nitrogen and oxygen atoms in total. The highest BCUT2D eigenvalue weighted by atomic mass is 16.5. The Bertz CT molecular complexity index is 1080. The van der Waals surface area contributed by atoms with E-state index in [9.17, 15) is 0 Å². The summed E-state index contributed by atoms with van der Waals surface area (Å²) in [6.07, 6.45) is 2.04. The molecule has 0 atom stereocenters. The zero-order chi connectivity index (χ0) is 21.8. The third kappa shape index (κ3) is 4.51. The first-order valence-electron chi connectivity index (χ1n) is 10.2. The van der Waals surface area contributed by atoms with Gasteiger partial charge < -0.3 is 15.2 Å². The van der Waals surface area contributed by atoms with E-state index in [1.54, 1.807) is 7.11 Å². The molecule has 0 fully saturated rings. The molecular weight excluding hydrogens is 370 g/mol.